The minimum Gasteiger partial charge on any atom is -0.441 e. The Labute approximate surface area is 137 Å². The molecular weight excluding hydrogens is 308 g/mol. The van der Waals surface area contributed by atoms with Crippen LogP contribution in [0.4, 0.5) is 5.82 Å². The number of fused-ring (bicyclic) bond motifs is 3. The number of anilines is 1. The van der Waals surface area contributed by atoms with Gasteiger partial charge in [0.1, 0.15) is 24.1 Å². The van der Waals surface area contributed by atoms with Crippen molar-refractivity contribution in [2.24, 2.45) is 0 Å². The zero-order valence-electron chi connectivity index (χ0n) is 12.9. The van der Waals surface area contributed by atoms with Crippen molar-refractivity contribution in [3.63, 3.8) is 0 Å². The van der Waals surface area contributed by atoms with Gasteiger partial charge in [-0.05, 0) is 18.9 Å². The lowest BCUT2D eigenvalue weighted by atomic mass is 10.1. The van der Waals surface area contributed by atoms with Gasteiger partial charge in [0.2, 0.25) is 0 Å². The molecule has 8 nitrogen and oxygen atoms in total. The molecule has 2 aliphatic rings. The summed E-state index contributed by atoms with van der Waals surface area (Å²) in [6.45, 7) is 1.53. The van der Waals surface area contributed by atoms with Crippen LogP contribution in [0, 0.1) is 0 Å². The van der Waals surface area contributed by atoms with Crippen molar-refractivity contribution < 1.29 is 9.21 Å². The highest BCUT2D eigenvalue weighted by molar-refractivity contribution is 5.91. The molecule has 2 fully saturated rings. The second-order valence-electron chi connectivity index (χ2n) is 6.28. The molecule has 2 saturated heterocycles. The first kappa shape index (κ1) is 13.5. The molecule has 0 spiro atoms. The maximum atomic E-state index is 12.7. The number of rotatable bonds is 2. The zero-order valence-corrected chi connectivity index (χ0v) is 12.9. The molecule has 8 heteroatoms. The molecule has 0 radical (unpaired) electrons. The normalized spacial score (nSPS) is 23.2. The lowest BCUT2D eigenvalue weighted by Crippen LogP contribution is -2.56. The van der Waals surface area contributed by atoms with Crippen LogP contribution in [0.1, 0.15) is 23.5 Å². The highest BCUT2D eigenvalue weighted by Crippen LogP contribution is 2.34. The molecule has 0 aliphatic carbocycles. The third-order valence-electron chi connectivity index (χ3n) is 4.96. The van der Waals surface area contributed by atoms with Gasteiger partial charge in [0.25, 0.3) is 5.89 Å². The summed E-state index contributed by atoms with van der Waals surface area (Å²) in [5.41, 5.74) is 0.839. The van der Waals surface area contributed by atoms with Gasteiger partial charge in [-0.25, -0.2) is 15.0 Å². The second-order valence-corrected chi connectivity index (χ2v) is 6.28. The van der Waals surface area contributed by atoms with Crippen LogP contribution in [0.25, 0.3) is 11.0 Å². The van der Waals surface area contributed by atoms with Gasteiger partial charge in [0.15, 0.2) is 0 Å². The number of aromatic amines is 1. The molecule has 122 valence electrons. The van der Waals surface area contributed by atoms with Crippen LogP contribution in [-0.2, 0) is 0 Å². The first-order chi connectivity index (χ1) is 11.8. The molecule has 2 bridgehead atoms. The number of amides is 1. The molecule has 0 saturated carbocycles. The largest absolute Gasteiger partial charge is 0.441 e. The number of carbonyl (C=O) groups excluding carboxylic acids is 1. The van der Waals surface area contributed by atoms with Crippen LogP contribution in [0.3, 0.4) is 0 Å². The van der Waals surface area contributed by atoms with Crippen LogP contribution in [0.2, 0.25) is 0 Å². The molecule has 3 aromatic rings. The highest BCUT2D eigenvalue weighted by Gasteiger charge is 2.44. The summed E-state index contributed by atoms with van der Waals surface area (Å²) in [5, 5.41) is 1.02. The van der Waals surface area contributed by atoms with E-state index in [0.717, 1.165) is 42.8 Å². The van der Waals surface area contributed by atoms with Crippen LogP contribution >= 0.6 is 0 Å². The van der Waals surface area contributed by atoms with Gasteiger partial charge >= 0.3 is 5.91 Å². The van der Waals surface area contributed by atoms with Crippen molar-refractivity contribution in [3.8, 4) is 0 Å². The molecule has 0 aromatic carbocycles. The van der Waals surface area contributed by atoms with Crippen molar-refractivity contribution in [2.75, 3.05) is 18.0 Å². The summed E-state index contributed by atoms with van der Waals surface area (Å²) in [6.07, 6.45) is 8.40. The molecule has 1 N–H and O–H groups in total. The molecular formula is C16H16N6O2. The first-order valence-electron chi connectivity index (χ1n) is 8.06. The van der Waals surface area contributed by atoms with Crippen LogP contribution < -0.4 is 4.90 Å². The molecule has 1 amide bonds. The standard InChI is InChI=1S/C16H16N6O2/c23-16(15-18-5-6-24-15)22-10-1-2-11(22)8-21(7-10)14-12-3-4-17-13(12)19-9-20-14/h3-6,9-11H,1-2,7-8H2,(H,17,19,20). The Morgan fingerprint density at radius 1 is 1.21 bits per heavy atom. The number of hydrogen-bond acceptors (Lipinski definition) is 6. The number of H-pyrrole nitrogens is 1. The topological polar surface area (TPSA) is 91.2 Å². The van der Waals surface area contributed by atoms with Crippen LogP contribution in [0.5, 0.6) is 0 Å². The van der Waals surface area contributed by atoms with Crippen molar-refractivity contribution in [1.29, 1.82) is 0 Å². The van der Waals surface area contributed by atoms with Gasteiger partial charge in [-0.2, -0.15) is 0 Å². The second kappa shape index (κ2) is 5.05. The summed E-state index contributed by atoms with van der Waals surface area (Å²) in [4.78, 5) is 32.7. The van der Waals surface area contributed by atoms with Gasteiger partial charge < -0.3 is 19.2 Å². The summed E-state index contributed by atoms with van der Waals surface area (Å²) >= 11 is 0. The number of hydrogen-bond donors (Lipinski definition) is 1. The first-order valence-corrected chi connectivity index (χ1v) is 8.06. The Bertz CT molecular complexity index is 875. The maximum Gasteiger partial charge on any atom is 0.310 e. The Kier molecular flexibility index (Phi) is 2.85. The average molecular weight is 324 g/mol. The Balaban J connectivity index is 1.45. The predicted molar refractivity (Wildman–Crippen MR) is 85.6 cm³/mol. The number of oxazole rings is 1. The van der Waals surface area contributed by atoms with E-state index in [1.165, 1.54) is 12.5 Å². The lowest BCUT2D eigenvalue weighted by Gasteiger charge is -2.41. The van der Waals surface area contributed by atoms with E-state index < -0.39 is 0 Å². The SMILES string of the molecule is O=C(c1ncco1)N1C2CCC1CN(c1ncnc3[nH]ccc13)C2. The summed E-state index contributed by atoms with van der Waals surface area (Å²) in [6, 6.07) is 2.32. The molecule has 2 atom stereocenters. The van der Waals surface area contributed by atoms with E-state index >= 15 is 0 Å². The Hall–Kier alpha value is -2.90. The Morgan fingerprint density at radius 3 is 2.79 bits per heavy atom. The summed E-state index contributed by atoms with van der Waals surface area (Å²) in [7, 11) is 0. The highest BCUT2D eigenvalue weighted by atomic mass is 16.4. The van der Waals surface area contributed by atoms with Crippen molar-refractivity contribution in [3.05, 3.63) is 36.9 Å². The number of nitrogens with one attached hydrogen (secondary N) is 1. The number of piperazine rings is 1. The predicted octanol–water partition coefficient (Wildman–Crippen LogP) is 1.44. The van der Waals surface area contributed by atoms with Gasteiger partial charge in [0, 0.05) is 19.3 Å². The molecule has 24 heavy (non-hydrogen) atoms. The molecule has 5 rings (SSSR count). The third-order valence-corrected chi connectivity index (χ3v) is 4.96. The van der Waals surface area contributed by atoms with E-state index in [9.17, 15) is 4.79 Å². The number of aromatic nitrogens is 4. The molecule has 5 heterocycles. The van der Waals surface area contributed by atoms with Gasteiger partial charge in [0.05, 0.1) is 23.7 Å². The van der Waals surface area contributed by atoms with Crippen LogP contribution in [-0.4, -0.2) is 55.9 Å². The fraction of sp³-hybridized carbons (Fsp3) is 0.375. The third kappa shape index (κ3) is 1.92. The maximum absolute atomic E-state index is 12.7. The summed E-state index contributed by atoms with van der Waals surface area (Å²) < 4.78 is 5.19. The minimum absolute atomic E-state index is 0.110. The van der Waals surface area contributed by atoms with Crippen molar-refractivity contribution in [2.45, 2.75) is 24.9 Å². The van der Waals surface area contributed by atoms with Crippen molar-refractivity contribution >= 4 is 22.8 Å². The van der Waals surface area contributed by atoms with Gasteiger partial charge in [-0.1, -0.05) is 0 Å². The van der Waals surface area contributed by atoms with Crippen LogP contribution in [0.15, 0.2) is 35.5 Å². The average Bonchev–Trinajstić information content (AvgIpc) is 3.33. The Morgan fingerprint density at radius 2 is 2.04 bits per heavy atom. The molecule has 3 aromatic heterocycles. The van der Waals surface area contributed by atoms with E-state index in [-0.39, 0.29) is 23.9 Å². The fourth-order valence-electron chi connectivity index (χ4n) is 3.96. The van der Waals surface area contributed by atoms with E-state index in [0.29, 0.717) is 0 Å². The minimum atomic E-state index is -0.110. The van der Waals surface area contributed by atoms with Gasteiger partial charge in [-0.15, -0.1) is 0 Å². The van der Waals surface area contributed by atoms with E-state index in [1.54, 1.807) is 6.33 Å². The summed E-state index contributed by atoms with van der Waals surface area (Å²) in [5.74, 6) is 0.999. The molecule has 2 aliphatic heterocycles. The van der Waals surface area contributed by atoms with E-state index in [1.807, 2.05) is 17.2 Å². The number of nitrogens with zero attached hydrogens (tertiary/aromatic N) is 5. The monoisotopic (exact) mass is 324 g/mol. The van der Waals surface area contributed by atoms with E-state index in [4.69, 9.17) is 4.42 Å². The fourth-order valence-corrected chi connectivity index (χ4v) is 3.96. The van der Waals surface area contributed by atoms with E-state index in [2.05, 4.69) is 24.8 Å². The quantitative estimate of drug-likeness (QED) is 0.767. The zero-order chi connectivity index (χ0) is 16.1. The molecule has 2 unspecified atom stereocenters. The lowest BCUT2D eigenvalue weighted by molar-refractivity contribution is 0.0600. The number of carbonyl (C=O) groups is 1. The van der Waals surface area contributed by atoms with Gasteiger partial charge in [-0.3, -0.25) is 4.79 Å². The smallest absolute Gasteiger partial charge is 0.310 e. The van der Waals surface area contributed by atoms with Crippen molar-refractivity contribution in [1.82, 2.24) is 24.8 Å².